The number of carbonyl (C=O) groups is 1. The van der Waals surface area contributed by atoms with Gasteiger partial charge in [-0.05, 0) is 47.0 Å². The normalized spacial score (nSPS) is 10.9. The molecule has 3 aromatic carbocycles. The molecule has 0 saturated carbocycles. The third-order valence-corrected chi connectivity index (χ3v) is 5.31. The Bertz CT molecular complexity index is 1150. The van der Waals surface area contributed by atoms with E-state index in [-0.39, 0.29) is 5.91 Å². The third-order valence-electron chi connectivity index (χ3n) is 5.31. The maximum atomic E-state index is 13.1. The highest BCUT2D eigenvalue weighted by molar-refractivity contribution is 5.95. The molecule has 1 heterocycles. The quantitative estimate of drug-likeness (QED) is 0.402. The Kier molecular flexibility index (Phi) is 6.32. The van der Waals surface area contributed by atoms with Crippen LogP contribution in [0.1, 0.15) is 34.8 Å². The van der Waals surface area contributed by atoms with E-state index in [1.54, 1.807) is 11.1 Å². The van der Waals surface area contributed by atoms with Gasteiger partial charge in [-0.15, -0.1) is 0 Å². The van der Waals surface area contributed by atoms with E-state index in [1.165, 1.54) is 0 Å². The van der Waals surface area contributed by atoms with Crippen LogP contribution in [-0.2, 0) is 13.1 Å². The Morgan fingerprint density at radius 2 is 1.84 bits per heavy atom. The van der Waals surface area contributed by atoms with Gasteiger partial charge in [-0.3, -0.25) is 9.48 Å². The van der Waals surface area contributed by atoms with Crippen LogP contribution in [0.4, 0.5) is 0 Å². The zero-order valence-corrected chi connectivity index (χ0v) is 18.0. The number of hydrogen-bond donors (Lipinski definition) is 0. The van der Waals surface area contributed by atoms with E-state index in [9.17, 15) is 4.79 Å². The largest absolute Gasteiger partial charge is 0.493 e. The first-order valence-electron chi connectivity index (χ1n) is 10.6. The van der Waals surface area contributed by atoms with Crippen LogP contribution in [0.15, 0.2) is 79.1 Å². The van der Waals surface area contributed by atoms with Crippen molar-refractivity contribution in [3.8, 4) is 5.75 Å². The van der Waals surface area contributed by atoms with Crippen LogP contribution in [0.2, 0.25) is 0 Å². The summed E-state index contributed by atoms with van der Waals surface area (Å²) in [7, 11) is 1.84. The van der Waals surface area contributed by atoms with Gasteiger partial charge < -0.3 is 9.64 Å². The van der Waals surface area contributed by atoms with Gasteiger partial charge in [0, 0.05) is 37.1 Å². The molecule has 0 saturated heterocycles. The molecule has 5 heteroatoms. The van der Waals surface area contributed by atoms with Crippen molar-refractivity contribution in [3.63, 3.8) is 0 Å². The number of fused-ring (bicyclic) bond motifs is 1. The number of aromatic nitrogens is 2. The van der Waals surface area contributed by atoms with Crippen molar-refractivity contribution < 1.29 is 9.53 Å². The topological polar surface area (TPSA) is 47.4 Å². The molecular weight excluding hydrogens is 386 g/mol. The first-order valence-corrected chi connectivity index (χ1v) is 10.6. The predicted molar refractivity (Wildman–Crippen MR) is 123 cm³/mol. The van der Waals surface area contributed by atoms with Gasteiger partial charge in [0.25, 0.3) is 5.91 Å². The lowest BCUT2D eigenvalue weighted by Crippen LogP contribution is -2.26. The highest BCUT2D eigenvalue weighted by Gasteiger charge is 2.16. The Hall–Kier alpha value is -3.60. The number of hydrogen-bond acceptors (Lipinski definition) is 3. The molecule has 4 rings (SSSR count). The molecule has 0 aliphatic heterocycles. The van der Waals surface area contributed by atoms with Crippen LogP contribution in [-0.4, -0.2) is 34.2 Å². The number of rotatable bonds is 8. The highest BCUT2D eigenvalue weighted by atomic mass is 16.5. The Morgan fingerprint density at radius 3 is 2.58 bits per heavy atom. The van der Waals surface area contributed by atoms with Gasteiger partial charge in [-0.1, -0.05) is 49.4 Å². The fourth-order valence-electron chi connectivity index (χ4n) is 3.69. The van der Waals surface area contributed by atoms with E-state index in [1.807, 2.05) is 66.5 Å². The number of benzene rings is 3. The van der Waals surface area contributed by atoms with Crippen LogP contribution in [0.25, 0.3) is 10.8 Å². The smallest absolute Gasteiger partial charge is 0.253 e. The van der Waals surface area contributed by atoms with Crippen LogP contribution in [0, 0.1) is 0 Å². The minimum atomic E-state index is -0.0139. The molecule has 0 aliphatic carbocycles. The minimum Gasteiger partial charge on any atom is -0.493 e. The van der Waals surface area contributed by atoms with Crippen molar-refractivity contribution in [3.05, 3.63) is 95.8 Å². The molecule has 4 aromatic rings. The van der Waals surface area contributed by atoms with E-state index in [2.05, 4.69) is 30.2 Å². The summed E-state index contributed by atoms with van der Waals surface area (Å²) in [4.78, 5) is 14.9. The van der Waals surface area contributed by atoms with Gasteiger partial charge in [0.2, 0.25) is 0 Å². The van der Waals surface area contributed by atoms with Gasteiger partial charge in [-0.25, -0.2) is 0 Å². The van der Waals surface area contributed by atoms with Crippen LogP contribution in [0.3, 0.4) is 0 Å². The lowest BCUT2D eigenvalue weighted by atomic mass is 10.0. The second-order valence-electron chi connectivity index (χ2n) is 7.67. The molecule has 0 radical (unpaired) electrons. The second kappa shape index (κ2) is 9.47. The summed E-state index contributed by atoms with van der Waals surface area (Å²) in [6.07, 6.45) is 4.62. The number of carbonyl (C=O) groups excluding carboxylic acids is 1. The first-order chi connectivity index (χ1) is 15.2. The molecule has 0 fully saturated rings. The molecule has 1 aromatic heterocycles. The molecule has 1 amide bonds. The summed E-state index contributed by atoms with van der Waals surface area (Å²) < 4.78 is 7.86. The number of ether oxygens (including phenoxy) is 1. The number of nitrogens with zero attached hydrogens (tertiary/aromatic N) is 3. The molecular formula is C26H27N3O2. The lowest BCUT2D eigenvalue weighted by Gasteiger charge is -2.21. The van der Waals surface area contributed by atoms with Crippen molar-refractivity contribution in [2.45, 2.75) is 26.4 Å². The van der Waals surface area contributed by atoms with Crippen molar-refractivity contribution in [2.24, 2.45) is 0 Å². The van der Waals surface area contributed by atoms with Gasteiger partial charge in [0.15, 0.2) is 0 Å². The maximum absolute atomic E-state index is 13.1. The SMILES string of the molecule is CCCOc1ccc2ccccc2c1CN(C)C(=O)c1ccc(Cn2cccn2)cc1. The summed E-state index contributed by atoms with van der Waals surface area (Å²) in [5.74, 6) is 0.829. The van der Waals surface area contributed by atoms with E-state index in [0.29, 0.717) is 25.3 Å². The zero-order valence-electron chi connectivity index (χ0n) is 18.0. The average molecular weight is 414 g/mol. The second-order valence-corrected chi connectivity index (χ2v) is 7.67. The van der Waals surface area contributed by atoms with Gasteiger partial charge >= 0.3 is 0 Å². The van der Waals surface area contributed by atoms with Crippen molar-refractivity contribution in [1.82, 2.24) is 14.7 Å². The average Bonchev–Trinajstić information content (AvgIpc) is 3.31. The molecule has 0 unspecified atom stereocenters. The molecule has 0 aliphatic rings. The van der Waals surface area contributed by atoms with Crippen LogP contribution < -0.4 is 4.74 Å². The first kappa shape index (κ1) is 20.7. The van der Waals surface area contributed by atoms with Crippen LogP contribution >= 0.6 is 0 Å². The Labute approximate surface area is 182 Å². The Balaban J connectivity index is 1.54. The molecule has 0 atom stereocenters. The summed E-state index contributed by atoms with van der Waals surface area (Å²) >= 11 is 0. The molecule has 0 bridgehead atoms. The Morgan fingerprint density at radius 1 is 1.03 bits per heavy atom. The molecule has 0 N–H and O–H groups in total. The summed E-state index contributed by atoms with van der Waals surface area (Å²) in [6.45, 7) is 3.91. The highest BCUT2D eigenvalue weighted by Crippen LogP contribution is 2.29. The molecule has 5 nitrogen and oxygen atoms in total. The van der Waals surface area contributed by atoms with E-state index < -0.39 is 0 Å². The fourth-order valence-corrected chi connectivity index (χ4v) is 3.69. The van der Waals surface area contributed by atoms with Crippen LogP contribution in [0.5, 0.6) is 5.75 Å². The standard InChI is InChI=1S/C26H27N3O2/c1-3-17-31-25-14-13-21-7-4-5-8-23(21)24(25)19-28(2)26(30)22-11-9-20(10-12-22)18-29-16-6-15-27-29/h4-16H,3,17-19H2,1-2H3. The van der Waals surface area contributed by atoms with Crippen molar-refractivity contribution in [1.29, 1.82) is 0 Å². The zero-order chi connectivity index (χ0) is 21.6. The fraction of sp³-hybridized carbons (Fsp3) is 0.231. The molecule has 31 heavy (non-hydrogen) atoms. The van der Waals surface area contributed by atoms with Gasteiger partial charge in [0.05, 0.1) is 13.2 Å². The van der Waals surface area contributed by atoms with Crippen molar-refractivity contribution >= 4 is 16.7 Å². The number of amides is 1. The summed E-state index contributed by atoms with van der Waals surface area (Å²) in [6, 6.07) is 21.9. The van der Waals surface area contributed by atoms with Gasteiger partial charge in [-0.2, -0.15) is 5.10 Å². The third kappa shape index (κ3) is 4.77. The summed E-state index contributed by atoms with van der Waals surface area (Å²) in [5, 5.41) is 6.49. The van der Waals surface area contributed by atoms with E-state index in [4.69, 9.17) is 4.74 Å². The minimum absolute atomic E-state index is 0.0139. The molecule has 0 spiro atoms. The van der Waals surface area contributed by atoms with Crippen molar-refractivity contribution in [2.75, 3.05) is 13.7 Å². The van der Waals surface area contributed by atoms with E-state index >= 15 is 0 Å². The monoisotopic (exact) mass is 413 g/mol. The molecule has 158 valence electrons. The predicted octanol–water partition coefficient (Wildman–Crippen LogP) is 5.15. The lowest BCUT2D eigenvalue weighted by molar-refractivity contribution is 0.0784. The van der Waals surface area contributed by atoms with E-state index in [0.717, 1.165) is 34.1 Å². The summed E-state index contributed by atoms with van der Waals surface area (Å²) in [5.41, 5.74) is 2.81. The maximum Gasteiger partial charge on any atom is 0.253 e. The van der Waals surface area contributed by atoms with Gasteiger partial charge in [0.1, 0.15) is 5.75 Å².